The molecule has 0 aromatic heterocycles. The first-order valence-corrected chi connectivity index (χ1v) is 9.37. The molecule has 5 nitrogen and oxygen atoms in total. The number of esters is 2. The van der Waals surface area contributed by atoms with Gasteiger partial charge in [-0.1, -0.05) is 18.6 Å². The monoisotopic (exact) mass is 354 g/mol. The second kappa shape index (κ2) is 5.35. The van der Waals surface area contributed by atoms with Crippen LogP contribution in [0.25, 0.3) is 0 Å². The van der Waals surface area contributed by atoms with Crippen molar-refractivity contribution in [1.29, 1.82) is 0 Å². The van der Waals surface area contributed by atoms with Crippen LogP contribution in [0.3, 0.4) is 0 Å². The molecule has 0 N–H and O–H groups in total. The van der Waals surface area contributed by atoms with E-state index in [1.807, 2.05) is 12.1 Å². The predicted molar refractivity (Wildman–Crippen MR) is 93.1 cm³/mol. The van der Waals surface area contributed by atoms with Crippen molar-refractivity contribution in [2.45, 2.75) is 57.2 Å². The molecule has 5 heteroatoms. The third-order valence-electron chi connectivity index (χ3n) is 6.54. The fraction of sp³-hybridized carbons (Fsp3) is 0.524. The number of rotatable bonds is 2. The summed E-state index contributed by atoms with van der Waals surface area (Å²) in [4.78, 5) is 23.2. The minimum absolute atomic E-state index is 0.184. The summed E-state index contributed by atoms with van der Waals surface area (Å²) < 4.78 is 17.5. The van der Waals surface area contributed by atoms with Gasteiger partial charge in [0.2, 0.25) is 0 Å². The Morgan fingerprint density at radius 1 is 1.19 bits per heavy atom. The number of carbonyl (C=O) groups excluding carboxylic acids is 2. The van der Waals surface area contributed by atoms with E-state index in [2.05, 4.69) is 12.1 Å². The molecule has 4 aliphatic rings. The highest BCUT2D eigenvalue weighted by molar-refractivity contribution is 5.72. The first-order chi connectivity index (χ1) is 12.5. The highest BCUT2D eigenvalue weighted by Gasteiger charge is 2.64. The highest BCUT2D eigenvalue weighted by atomic mass is 16.6. The summed E-state index contributed by atoms with van der Waals surface area (Å²) in [5.41, 5.74) is 2.29. The van der Waals surface area contributed by atoms with Gasteiger partial charge in [0.05, 0.1) is 0 Å². The van der Waals surface area contributed by atoms with Crippen molar-refractivity contribution in [2.75, 3.05) is 0 Å². The van der Waals surface area contributed by atoms with Crippen LogP contribution in [-0.4, -0.2) is 24.1 Å². The van der Waals surface area contributed by atoms with E-state index in [4.69, 9.17) is 14.2 Å². The van der Waals surface area contributed by atoms with Crippen molar-refractivity contribution in [3.63, 3.8) is 0 Å². The van der Waals surface area contributed by atoms with Gasteiger partial charge in [0, 0.05) is 24.8 Å². The molecule has 1 heterocycles. The molecule has 136 valence electrons. The van der Waals surface area contributed by atoms with Crippen molar-refractivity contribution in [3.8, 4) is 11.5 Å². The molecular formula is C21H22O5. The molecule has 1 saturated carbocycles. The molecule has 1 fully saturated rings. The molecule has 0 amide bonds. The second-order valence-corrected chi connectivity index (χ2v) is 7.94. The summed E-state index contributed by atoms with van der Waals surface area (Å²) in [7, 11) is 0. The maximum absolute atomic E-state index is 11.6. The van der Waals surface area contributed by atoms with Crippen LogP contribution in [-0.2, 0) is 26.2 Å². The van der Waals surface area contributed by atoms with Crippen LogP contribution in [0.15, 0.2) is 24.3 Å². The average molecular weight is 354 g/mol. The van der Waals surface area contributed by atoms with E-state index in [1.165, 1.54) is 31.4 Å². The summed E-state index contributed by atoms with van der Waals surface area (Å²) in [5.74, 6) is 1.45. The zero-order valence-corrected chi connectivity index (χ0v) is 15.0. The van der Waals surface area contributed by atoms with E-state index in [0.717, 1.165) is 19.3 Å². The fourth-order valence-corrected chi connectivity index (χ4v) is 5.88. The largest absolute Gasteiger partial charge is 0.481 e. The molecule has 3 aliphatic carbocycles. The van der Waals surface area contributed by atoms with E-state index in [-0.39, 0.29) is 23.5 Å². The zero-order valence-electron chi connectivity index (χ0n) is 15.0. The topological polar surface area (TPSA) is 61.8 Å². The first-order valence-electron chi connectivity index (χ1n) is 9.37. The number of benzene rings is 1. The van der Waals surface area contributed by atoms with Crippen molar-refractivity contribution in [3.05, 3.63) is 35.4 Å². The molecule has 5 rings (SSSR count). The minimum atomic E-state index is -0.411. The lowest BCUT2D eigenvalue weighted by Gasteiger charge is -2.53. The third kappa shape index (κ3) is 1.97. The number of hydrogen-bond donors (Lipinski definition) is 0. The molecule has 2 bridgehead atoms. The number of hydrogen-bond acceptors (Lipinski definition) is 5. The standard InChI is InChI=1S/C21H22O5/c1-11(22)24-16-7-5-14-10-13-4-3-9-21-15(13)6-8-17(25-12(2)23)20(21)26-19(16)18(14)21/h5-8,13,15,17,20H,3-4,9-10H2,1-2H3/t13-,15?,17+,20+,21+/m1/s1. The van der Waals surface area contributed by atoms with Crippen LogP contribution >= 0.6 is 0 Å². The first kappa shape index (κ1) is 15.9. The lowest BCUT2D eigenvalue weighted by molar-refractivity contribution is -0.151. The van der Waals surface area contributed by atoms with Crippen molar-refractivity contribution >= 4 is 11.9 Å². The summed E-state index contributed by atoms with van der Waals surface area (Å²) >= 11 is 0. The molecule has 0 saturated heterocycles. The number of ether oxygens (including phenoxy) is 3. The molecule has 0 radical (unpaired) electrons. The SMILES string of the molecule is CC(=O)Oc1ccc2c3c1O[C@H]1[C@@H](OC(C)=O)C=CC4[C@H](CCC[C@@]341)C2. The summed E-state index contributed by atoms with van der Waals surface area (Å²) in [6.07, 6.45) is 7.95. The number of carbonyl (C=O) groups is 2. The summed E-state index contributed by atoms with van der Waals surface area (Å²) in [6, 6.07) is 3.92. The van der Waals surface area contributed by atoms with Crippen LogP contribution in [0.2, 0.25) is 0 Å². The molecule has 1 aromatic rings. The van der Waals surface area contributed by atoms with E-state index in [9.17, 15) is 9.59 Å². The minimum Gasteiger partial charge on any atom is -0.481 e. The maximum Gasteiger partial charge on any atom is 0.308 e. The molecule has 26 heavy (non-hydrogen) atoms. The van der Waals surface area contributed by atoms with Gasteiger partial charge >= 0.3 is 11.9 Å². The second-order valence-electron chi connectivity index (χ2n) is 7.94. The normalized spacial score (nSPS) is 35.3. The van der Waals surface area contributed by atoms with Crippen molar-refractivity contribution < 1.29 is 23.8 Å². The van der Waals surface area contributed by atoms with Gasteiger partial charge < -0.3 is 14.2 Å². The predicted octanol–water partition coefficient (Wildman–Crippen LogP) is 3.08. The van der Waals surface area contributed by atoms with Crippen LogP contribution in [0.4, 0.5) is 0 Å². The molecule has 1 spiro atoms. The van der Waals surface area contributed by atoms with Crippen LogP contribution in [0.5, 0.6) is 11.5 Å². The maximum atomic E-state index is 11.6. The van der Waals surface area contributed by atoms with Gasteiger partial charge in [-0.15, -0.1) is 0 Å². The van der Waals surface area contributed by atoms with Gasteiger partial charge in [-0.05, 0) is 48.8 Å². The van der Waals surface area contributed by atoms with Crippen molar-refractivity contribution in [1.82, 2.24) is 0 Å². The smallest absolute Gasteiger partial charge is 0.308 e. The van der Waals surface area contributed by atoms with E-state index in [1.54, 1.807) is 0 Å². The summed E-state index contributed by atoms with van der Waals surface area (Å²) in [5, 5.41) is 0. The molecule has 5 atom stereocenters. The zero-order chi connectivity index (χ0) is 18.1. The Labute approximate surface area is 152 Å². The quantitative estimate of drug-likeness (QED) is 0.464. The van der Waals surface area contributed by atoms with Gasteiger partial charge in [-0.25, -0.2) is 0 Å². The Hall–Kier alpha value is -2.30. The van der Waals surface area contributed by atoms with E-state index >= 15 is 0 Å². The van der Waals surface area contributed by atoms with Crippen LogP contribution in [0, 0.1) is 11.8 Å². The van der Waals surface area contributed by atoms with Gasteiger partial charge in [0.15, 0.2) is 17.6 Å². The average Bonchev–Trinajstić information content (AvgIpc) is 2.91. The van der Waals surface area contributed by atoms with Crippen LogP contribution in [0.1, 0.15) is 44.2 Å². The lowest BCUT2D eigenvalue weighted by atomic mass is 9.50. The van der Waals surface area contributed by atoms with E-state index in [0.29, 0.717) is 23.3 Å². The van der Waals surface area contributed by atoms with Gasteiger partial charge in [-0.3, -0.25) is 9.59 Å². The Balaban J connectivity index is 1.71. The van der Waals surface area contributed by atoms with E-state index < -0.39 is 6.10 Å². The van der Waals surface area contributed by atoms with Gasteiger partial charge in [0.25, 0.3) is 0 Å². The fourth-order valence-electron chi connectivity index (χ4n) is 5.88. The molecule has 1 aromatic carbocycles. The van der Waals surface area contributed by atoms with Crippen LogP contribution < -0.4 is 9.47 Å². The summed E-state index contributed by atoms with van der Waals surface area (Å²) in [6.45, 7) is 2.83. The molecule has 1 aliphatic heterocycles. The van der Waals surface area contributed by atoms with Crippen molar-refractivity contribution in [2.24, 2.45) is 11.8 Å². The highest BCUT2D eigenvalue weighted by Crippen LogP contribution is 2.64. The Morgan fingerprint density at radius 3 is 2.81 bits per heavy atom. The lowest BCUT2D eigenvalue weighted by Crippen LogP contribution is -2.58. The Bertz CT molecular complexity index is 841. The third-order valence-corrected chi connectivity index (χ3v) is 6.54. The molecular weight excluding hydrogens is 332 g/mol. The molecule has 1 unspecified atom stereocenters. The van der Waals surface area contributed by atoms with Gasteiger partial charge in [-0.2, -0.15) is 0 Å². The Kier molecular flexibility index (Phi) is 3.27. The number of allylic oxidation sites excluding steroid dienone is 1. The van der Waals surface area contributed by atoms with Gasteiger partial charge in [0.1, 0.15) is 6.10 Å². The Morgan fingerprint density at radius 2 is 2.04 bits per heavy atom.